The summed E-state index contributed by atoms with van der Waals surface area (Å²) in [6.45, 7) is 4.17. The number of nitrogens with one attached hydrogen (secondary N) is 1. The van der Waals surface area contributed by atoms with Crippen LogP contribution in [0.25, 0.3) is 0 Å². The van der Waals surface area contributed by atoms with Gasteiger partial charge in [-0.05, 0) is 64.2 Å². The minimum absolute atomic E-state index is 0.142. The largest absolute Gasteiger partial charge is 0.483 e. The predicted molar refractivity (Wildman–Crippen MR) is 93.4 cm³/mol. The van der Waals surface area contributed by atoms with Crippen LogP contribution in [0.2, 0.25) is 0 Å². The van der Waals surface area contributed by atoms with Gasteiger partial charge >= 0.3 is 0 Å². The second kappa shape index (κ2) is 8.11. The molecule has 0 saturated carbocycles. The molecule has 122 valence electrons. The van der Waals surface area contributed by atoms with E-state index in [1.807, 2.05) is 24.3 Å². The van der Waals surface area contributed by atoms with Crippen LogP contribution < -0.4 is 10.1 Å². The average molecular weight is 380 g/mol. The van der Waals surface area contributed by atoms with Crippen molar-refractivity contribution in [1.82, 2.24) is 0 Å². The van der Waals surface area contributed by atoms with E-state index in [1.54, 1.807) is 0 Å². The van der Waals surface area contributed by atoms with E-state index in [-0.39, 0.29) is 18.3 Å². The van der Waals surface area contributed by atoms with Crippen molar-refractivity contribution in [3.8, 4) is 5.75 Å². The molecule has 0 aromatic heterocycles. The van der Waals surface area contributed by atoms with Gasteiger partial charge in [0, 0.05) is 5.69 Å². The molecule has 2 aromatic carbocycles. The Labute approximate surface area is 144 Å². The summed E-state index contributed by atoms with van der Waals surface area (Å²) in [5.74, 6) is 0.292. The summed E-state index contributed by atoms with van der Waals surface area (Å²) in [5.41, 5.74) is 1.97. The van der Waals surface area contributed by atoms with Crippen LogP contribution in [0.5, 0.6) is 5.75 Å². The van der Waals surface area contributed by atoms with E-state index >= 15 is 0 Å². The highest BCUT2D eigenvalue weighted by molar-refractivity contribution is 9.10. The lowest BCUT2D eigenvalue weighted by Gasteiger charge is -2.11. The van der Waals surface area contributed by atoms with E-state index in [9.17, 15) is 9.18 Å². The van der Waals surface area contributed by atoms with E-state index in [0.29, 0.717) is 16.1 Å². The van der Waals surface area contributed by atoms with Crippen LogP contribution in [0.1, 0.15) is 31.7 Å². The zero-order chi connectivity index (χ0) is 16.8. The van der Waals surface area contributed by atoms with Gasteiger partial charge in [0.2, 0.25) is 0 Å². The first-order valence-corrected chi connectivity index (χ1v) is 8.26. The third kappa shape index (κ3) is 5.06. The normalized spacial score (nSPS) is 11.8. The van der Waals surface area contributed by atoms with Crippen molar-refractivity contribution in [2.45, 2.75) is 26.2 Å². The van der Waals surface area contributed by atoms with Crippen molar-refractivity contribution in [3.63, 3.8) is 0 Å². The molecule has 23 heavy (non-hydrogen) atoms. The lowest BCUT2D eigenvalue weighted by Crippen LogP contribution is -2.20. The van der Waals surface area contributed by atoms with Gasteiger partial charge < -0.3 is 10.1 Å². The highest BCUT2D eigenvalue weighted by Crippen LogP contribution is 2.25. The average Bonchev–Trinajstić information content (AvgIpc) is 2.54. The van der Waals surface area contributed by atoms with Crippen molar-refractivity contribution in [2.24, 2.45) is 0 Å². The number of hydrogen-bond donors (Lipinski definition) is 1. The first kappa shape index (κ1) is 17.5. The second-order valence-corrected chi connectivity index (χ2v) is 6.20. The van der Waals surface area contributed by atoms with Gasteiger partial charge in [-0.3, -0.25) is 4.79 Å². The first-order valence-electron chi connectivity index (χ1n) is 7.47. The number of anilines is 1. The molecule has 0 aliphatic rings. The van der Waals surface area contributed by atoms with Crippen LogP contribution in [-0.2, 0) is 4.79 Å². The van der Waals surface area contributed by atoms with Crippen LogP contribution in [0.4, 0.5) is 10.1 Å². The second-order valence-electron chi connectivity index (χ2n) is 5.34. The Morgan fingerprint density at radius 3 is 2.57 bits per heavy atom. The topological polar surface area (TPSA) is 38.3 Å². The zero-order valence-corrected chi connectivity index (χ0v) is 14.7. The van der Waals surface area contributed by atoms with Gasteiger partial charge in [-0.1, -0.05) is 26.0 Å². The standard InChI is InChI=1S/C18H19BrFNO2/c1-3-12(2)13-4-7-15(8-5-13)21-18(22)11-23-17-9-6-14(20)10-16(17)19/h4-10,12H,3,11H2,1-2H3,(H,21,22)/t12-/m1/s1. The fourth-order valence-electron chi connectivity index (χ4n) is 2.06. The van der Waals surface area contributed by atoms with E-state index < -0.39 is 0 Å². The van der Waals surface area contributed by atoms with Gasteiger partial charge in [0.15, 0.2) is 6.61 Å². The lowest BCUT2D eigenvalue weighted by molar-refractivity contribution is -0.118. The Bertz CT molecular complexity index is 673. The van der Waals surface area contributed by atoms with Crippen LogP contribution in [-0.4, -0.2) is 12.5 Å². The summed E-state index contributed by atoms with van der Waals surface area (Å²) in [7, 11) is 0. The number of ether oxygens (including phenoxy) is 1. The van der Waals surface area contributed by atoms with Crippen molar-refractivity contribution in [2.75, 3.05) is 11.9 Å². The summed E-state index contributed by atoms with van der Waals surface area (Å²) >= 11 is 3.20. The van der Waals surface area contributed by atoms with Crippen molar-refractivity contribution in [1.29, 1.82) is 0 Å². The highest BCUT2D eigenvalue weighted by Gasteiger charge is 2.08. The number of carbonyl (C=O) groups is 1. The van der Waals surface area contributed by atoms with Crippen LogP contribution in [0, 0.1) is 5.82 Å². The summed E-state index contributed by atoms with van der Waals surface area (Å²) < 4.78 is 18.8. The molecule has 0 spiro atoms. The zero-order valence-electron chi connectivity index (χ0n) is 13.1. The molecule has 0 heterocycles. The number of carbonyl (C=O) groups excluding carboxylic acids is 1. The Morgan fingerprint density at radius 2 is 1.96 bits per heavy atom. The third-order valence-corrected chi connectivity index (χ3v) is 4.25. The maximum atomic E-state index is 13.0. The molecule has 0 aliphatic carbocycles. The number of hydrogen-bond acceptors (Lipinski definition) is 2. The summed E-state index contributed by atoms with van der Waals surface area (Å²) in [6, 6.07) is 11.9. The monoisotopic (exact) mass is 379 g/mol. The van der Waals surface area contributed by atoms with E-state index in [1.165, 1.54) is 23.8 Å². The molecular weight excluding hydrogens is 361 g/mol. The van der Waals surface area contributed by atoms with Gasteiger partial charge in [-0.2, -0.15) is 0 Å². The number of amides is 1. The molecule has 3 nitrogen and oxygen atoms in total. The minimum atomic E-state index is -0.366. The number of halogens is 2. The fraction of sp³-hybridized carbons (Fsp3) is 0.278. The molecular formula is C18H19BrFNO2. The van der Waals surface area contributed by atoms with Crippen molar-refractivity contribution in [3.05, 3.63) is 58.3 Å². The maximum Gasteiger partial charge on any atom is 0.262 e. The molecule has 1 atom stereocenters. The van der Waals surface area contributed by atoms with Crippen LogP contribution >= 0.6 is 15.9 Å². The Kier molecular flexibility index (Phi) is 6.16. The molecule has 1 N–H and O–H groups in total. The lowest BCUT2D eigenvalue weighted by atomic mass is 9.99. The predicted octanol–water partition coefficient (Wildman–Crippen LogP) is 5.12. The van der Waals surface area contributed by atoms with Crippen molar-refractivity contribution >= 4 is 27.5 Å². The summed E-state index contributed by atoms with van der Waals surface area (Å²) in [5, 5.41) is 2.77. The Morgan fingerprint density at radius 1 is 1.26 bits per heavy atom. The van der Waals surface area contributed by atoms with Crippen LogP contribution in [0.3, 0.4) is 0 Å². The van der Waals surface area contributed by atoms with E-state index in [4.69, 9.17) is 4.74 Å². The summed E-state index contributed by atoms with van der Waals surface area (Å²) in [4.78, 5) is 11.9. The van der Waals surface area contributed by atoms with Gasteiger partial charge in [0.1, 0.15) is 11.6 Å². The van der Waals surface area contributed by atoms with E-state index in [0.717, 1.165) is 12.1 Å². The minimum Gasteiger partial charge on any atom is -0.483 e. The van der Waals surface area contributed by atoms with Gasteiger partial charge in [0.25, 0.3) is 5.91 Å². The first-order chi connectivity index (χ1) is 11.0. The number of benzene rings is 2. The fourth-order valence-corrected chi connectivity index (χ4v) is 2.53. The Balaban J connectivity index is 1.89. The molecule has 2 aromatic rings. The molecule has 1 amide bonds. The van der Waals surface area contributed by atoms with Crippen molar-refractivity contribution < 1.29 is 13.9 Å². The summed E-state index contributed by atoms with van der Waals surface area (Å²) in [6.07, 6.45) is 1.08. The Hall–Kier alpha value is -1.88. The molecule has 0 aliphatic heterocycles. The van der Waals surface area contributed by atoms with E-state index in [2.05, 4.69) is 35.1 Å². The van der Waals surface area contributed by atoms with Gasteiger partial charge in [0.05, 0.1) is 4.47 Å². The molecule has 0 unspecified atom stereocenters. The molecule has 0 fully saturated rings. The molecule has 0 saturated heterocycles. The molecule has 0 bridgehead atoms. The maximum absolute atomic E-state index is 13.0. The SMILES string of the molecule is CC[C@@H](C)c1ccc(NC(=O)COc2ccc(F)cc2Br)cc1. The molecule has 0 radical (unpaired) electrons. The highest BCUT2D eigenvalue weighted by atomic mass is 79.9. The smallest absolute Gasteiger partial charge is 0.262 e. The quantitative estimate of drug-likeness (QED) is 0.756. The van der Waals surface area contributed by atoms with Crippen LogP contribution in [0.15, 0.2) is 46.9 Å². The number of rotatable bonds is 6. The van der Waals surface area contributed by atoms with Gasteiger partial charge in [-0.25, -0.2) is 4.39 Å². The third-order valence-electron chi connectivity index (χ3n) is 3.63. The van der Waals surface area contributed by atoms with Gasteiger partial charge in [-0.15, -0.1) is 0 Å². The molecule has 2 rings (SSSR count). The molecule has 5 heteroatoms.